The Balaban J connectivity index is 3.10. The highest BCUT2D eigenvalue weighted by Gasteiger charge is 2.30. The molecule has 0 amide bonds. The molecule has 0 nitrogen and oxygen atoms in total. The Morgan fingerprint density at radius 1 is 1.29 bits per heavy atom. The summed E-state index contributed by atoms with van der Waals surface area (Å²) in [5, 5.41) is 0.270. The number of hydrogen-bond donors (Lipinski definition) is 0. The molecule has 17 heavy (non-hydrogen) atoms. The monoisotopic (exact) mass is 278 g/mol. The summed E-state index contributed by atoms with van der Waals surface area (Å²) < 4.78 is 37.0. The molecule has 0 atom stereocenters. The Bertz CT molecular complexity index is 455. The van der Waals surface area contributed by atoms with Gasteiger partial charge in [0.05, 0.1) is 0 Å². The topological polar surface area (TPSA) is 0 Å². The van der Waals surface area contributed by atoms with Crippen LogP contribution in [0.1, 0.15) is 19.4 Å². The van der Waals surface area contributed by atoms with Gasteiger partial charge in [-0.2, -0.15) is 13.2 Å². The van der Waals surface area contributed by atoms with E-state index in [0.717, 1.165) is 0 Å². The minimum absolute atomic E-state index is 0.0400. The molecule has 5 heteroatoms. The molecule has 0 bridgehead atoms. The molecule has 0 aliphatic rings. The van der Waals surface area contributed by atoms with E-state index in [1.54, 1.807) is 0 Å². The van der Waals surface area contributed by atoms with Gasteiger partial charge in [0.25, 0.3) is 0 Å². The third-order valence-corrected chi connectivity index (χ3v) is 2.69. The van der Waals surface area contributed by atoms with Crippen LogP contribution in [0.15, 0.2) is 23.1 Å². The highest BCUT2D eigenvalue weighted by Crippen LogP contribution is 2.39. The van der Waals surface area contributed by atoms with Crippen LogP contribution in [0.25, 0.3) is 0 Å². The van der Waals surface area contributed by atoms with Gasteiger partial charge in [-0.3, -0.25) is 0 Å². The predicted molar refractivity (Wildman–Crippen MR) is 65.1 cm³/mol. The molecule has 0 unspecified atom stereocenters. The number of hydrogen-bond acceptors (Lipinski definition) is 1. The van der Waals surface area contributed by atoms with Crippen molar-refractivity contribution in [2.24, 2.45) is 5.92 Å². The SMILES string of the molecule is CC(C)C#Cc1ccc(Cl)cc1SC(F)(F)F. The van der Waals surface area contributed by atoms with Crippen LogP contribution in [0.5, 0.6) is 0 Å². The summed E-state index contributed by atoms with van der Waals surface area (Å²) in [6.07, 6.45) is 0. The van der Waals surface area contributed by atoms with Gasteiger partial charge in [0.1, 0.15) is 0 Å². The van der Waals surface area contributed by atoms with Crippen molar-refractivity contribution < 1.29 is 13.2 Å². The average Bonchev–Trinajstić information content (AvgIpc) is 2.13. The van der Waals surface area contributed by atoms with Crippen molar-refractivity contribution in [2.45, 2.75) is 24.3 Å². The largest absolute Gasteiger partial charge is 0.446 e. The van der Waals surface area contributed by atoms with Crippen molar-refractivity contribution in [3.63, 3.8) is 0 Å². The highest BCUT2D eigenvalue weighted by atomic mass is 35.5. The zero-order valence-corrected chi connectivity index (χ0v) is 10.8. The Hall–Kier alpha value is -0.790. The fraction of sp³-hybridized carbons (Fsp3) is 0.333. The van der Waals surface area contributed by atoms with Gasteiger partial charge in [-0.1, -0.05) is 37.3 Å². The van der Waals surface area contributed by atoms with Gasteiger partial charge in [-0.05, 0) is 30.0 Å². The van der Waals surface area contributed by atoms with Crippen LogP contribution in [0.2, 0.25) is 5.02 Å². The fourth-order valence-electron chi connectivity index (χ4n) is 1.03. The molecule has 0 saturated carbocycles. The van der Waals surface area contributed by atoms with Crippen LogP contribution in [-0.4, -0.2) is 5.51 Å². The predicted octanol–water partition coefficient (Wildman–Crippen LogP) is 4.96. The Kier molecular flexibility index (Phi) is 4.79. The lowest BCUT2D eigenvalue weighted by Gasteiger charge is -2.08. The molecule has 1 aromatic carbocycles. The van der Waals surface area contributed by atoms with Crippen LogP contribution in [0.3, 0.4) is 0 Å². The second-order valence-corrected chi connectivity index (χ2v) is 5.16. The normalized spacial score (nSPS) is 11.2. The Morgan fingerprint density at radius 3 is 2.47 bits per heavy atom. The second kappa shape index (κ2) is 5.70. The van der Waals surface area contributed by atoms with E-state index < -0.39 is 5.51 Å². The number of rotatable bonds is 1. The molecule has 0 aromatic heterocycles. The minimum Gasteiger partial charge on any atom is -0.160 e. The van der Waals surface area contributed by atoms with Gasteiger partial charge in [0.2, 0.25) is 0 Å². The van der Waals surface area contributed by atoms with E-state index in [2.05, 4.69) is 11.8 Å². The van der Waals surface area contributed by atoms with Gasteiger partial charge in [-0.25, -0.2) is 0 Å². The van der Waals surface area contributed by atoms with Crippen molar-refractivity contribution in [3.05, 3.63) is 28.8 Å². The first-order chi connectivity index (χ1) is 7.78. The number of thioether (sulfide) groups is 1. The maximum atomic E-state index is 12.3. The smallest absolute Gasteiger partial charge is 0.160 e. The summed E-state index contributed by atoms with van der Waals surface area (Å²) in [4.78, 5) is 0.0400. The van der Waals surface area contributed by atoms with Crippen LogP contribution in [0, 0.1) is 17.8 Å². The fourth-order valence-corrected chi connectivity index (χ4v) is 1.93. The van der Waals surface area contributed by atoms with E-state index in [-0.39, 0.29) is 27.6 Å². The quantitative estimate of drug-likeness (QED) is 0.517. The average molecular weight is 279 g/mol. The van der Waals surface area contributed by atoms with Gasteiger partial charge in [0, 0.05) is 21.4 Å². The Morgan fingerprint density at radius 2 is 1.94 bits per heavy atom. The van der Waals surface area contributed by atoms with Crippen molar-refractivity contribution in [1.29, 1.82) is 0 Å². The van der Waals surface area contributed by atoms with E-state index in [1.807, 2.05) is 13.8 Å². The van der Waals surface area contributed by atoms with Crippen molar-refractivity contribution >= 4 is 23.4 Å². The highest BCUT2D eigenvalue weighted by molar-refractivity contribution is 8.00. The first-order valence-corrected chi connectivity index (χ1v) is 6.04. The summed E-state index contributed by atoms with van der Waals surface area (Å²) in [7, 11) is 0. The minimum atomic E-state index is -4.33. The summed E-state index contributed by atoms with van der Waals surface area (Å²) in [6, 6.07) is 4.32. The van der Waals surface area contributed by atoms with Crippen LogP contribution in [0.4, 0.5) is 13.2 Å². The standard InChI is InChI=1S/C12H10ClF3S/c1-8(2)3-4-9-5-6-10(13)7-11(9)17-12(14,15)16/h5-8H,1-2H3. The molecule has 0 aliphatic carbocycles. The number of alkyl halides is 3. The van der Waals surface area contributed by atoms with Gasteiger partial charge in [-0.15, -0.1) is 0 Å². The van der Waals surface area contributed by atoms with Crippen LogP contribution < -0.4 is 0 Å². The zero-order chi connectivity index (χ0) is 13.1. The molecule has 1 aromatic rings. The van der Waals surface area contributed by atoms with Crippen molar-refractivity contribution in [1.82, 2.24) is 0 Å². The van der Waals surface area contributed by atoms with Gasteiger partial charge < -0.3 is 0 Å². The first kappa shape index (κ1) is 14.3. The molecular weight excluding hydrogens is 269 g/mol. The molecule has 0 N–H and O–H groups in total. The second-order valence-electron chi connectivity index (χ2n) is 3.61. The first-order valence-electron chi connectivity index (χ1n) is 4.85. The molecule has 0 heterocycles. The lowest BCUT2D eigenvalue weighted by atomic mass is 10.2. The summed E-state index contributed by atoms with van der Waals surface area (Å²) >= 11 is 5.49. The molecule has 1 rings (SSSR count). The maximum Gasteiger partial charge on any atom is 0.446 e. The number of halogens is 4. The maximum absolute atomic E-state index is 12.3. The summed E-state index contributed by atoms with van der Waals surface area (Å²) in [5.41, 5.74) is -3.98. The molecule has 0 aliphatic heterocycles. The summed E-state index contributed by atoms with van der Waals surface area (Å²) in [5.74, 6) is 5.67. The Labute approximate surface area is 108 Å². The van der Waals surface area contributed by atoms with Crippen LogP contribution >= 0.6 is 23.4 Å². The van der Waals surface area contributed by atoms with E-state index in [1.165, 1.54) is 18.2 Å². The number of benzene rings is 1. The van der Waals surface area contributed by atoms with E-state index in [0.29, 0.717) is 5.56 Å². The van der Waals surface area contributed by atoms with Crippen molar-refractivity contribution in [2.75, 3.05) is 0 Å². The molecule has 92 valence electrons. The molecule has 0 fully saturated rings. The van der Waals surface area contributed by atoms with Crippen molar-refractivity contribution in [3.8, 4) is 11.8 Å². The van der Waals surface area contributed by atoms with E-state index in [4.69, 9.17) is 11.6 Å². The van der Waals surface area contributed by atoms with Gasteiger partial charge >= 0.3 is 5.51 Å². The lowest BCUT2D eigenvalue weighted by molar-refractivity contribution is -0.0328. The molecular formula is C12H10ClF3S. The molecule has 0 saturated heterocycles. The van der Waals surface area contributed by atoms with E-state index >= 15 is 0 Å². The third-order valence-electron chi connectivity index (χ3n) is 1.66. The zero-order valence-electron chi connectivity index (χ0n) is 9.23. The van der Waals surface area contributed by atoms with Crippen LogP contribution in [-0.2, 0) is 0 Å². The lowest BCUT2D eigenvalue weighted by Crippen LogP contribution is -2.00. The van der Waals surface area contributed by atoms with E-state index in [9.17, 15) is 13.2 Å². The van der Waals surface area contributed by atoms with Gasteiger partial charge in [0.15, 0.2) is 0 Å². The third kappa shape index (κ3) is 5.38. The molecule has 0 radical (unpaired) electrons. The summed E-state index contributed by atoms with van der Waals surface area (Å²) in [6.45, 7) is 3.75. The molecule has 0 spiro atoms.